The molecule has 0 radical (unpaired) electrons. The topological polar surface area (TPSA) is 91.7 Å². The number of ether oxygens (including phenoxy) is 2. The van der Waals surface area contributed by atoms with Gasteiger partial charge in [-0.15, -0.1) is 5.92 Å². The monoisotopic (exact) mass is 412 g/mol. The summed E-state index contributed by atoms with van der Waals surface area (Å²) in [6.07, 6.45) is 1.86. The standard InChI is InChI=1S/C22H28N4O4/c1-4-5-11-25-20(24-10-6-7-17(23)15-24)13-21(27)26(22(25)28)14-16-8-9-18(29-2)19(12-16)30-3/h8-9,12-13,17H,6-7,10-11,14-15,23H2,1-3H3/t17-/m1/s1. The van der Waals surface area contributed by atoms with Gasteiger partial charge >= 0.3 is 5.69 Å². The van der Waals surface area contributed by atoms with Crippen molar-refractivity contribution in [1.29, 1.82) is 0 Å². The third-order valence-electron chi connectivity index (χ3n) is 5.24. The number of hydrogen-bond donors (Lipinski definition) is 1. The van der Waals surface area contributed by atoms with Gasteiger partial charge in [0, 0.05) is 25.2 Å². The third-order valence-corrected chi connectivity index (χ3v) is 5.24. The normalized spacial score (nSPS) is 16.0. The van der Waals surface area contributed by atoms with E-state index in [1.54, 1.807) is 43.9 Å². The van der Waals surface area contributed by atoms with Gasteiger partial charge in [0.05, 0.1) is 27.3 Å². The summed E-state index contributed by atoms with van der Waals surface area (Å²) in [6, 6.07) is 6.86. The van der Waals surface area contributed by atoms with Crippen LogP contribution in [0.1, 0.15) is 25.3 Å². The highest BCUT2D eigenvalue weighted by atomic mass is 16.5. The number of rotatable bonds is 6. The first kappa shape index (κ1) is 21.5. The lowest BCUT2D eigenvalue weighted by Crippen LogP contribution is -2.48. The Bertz CT molecular complexity index is 1080. The number of anilines is 1. The quantitative estimate of drug-likeness (QED) is 0.713. The van der Waals surface area contributed by atoms with Crippen LogP contribution in [0.3, 0.4) is 0 Å². The van der Waals surface area contributed by atoms with E-state index in [4.69, 9.17) is 15.2 Å². The second-order valence-corrected chi connectivity index (χ2v) is 7.26. The van der Waals surface area contributed by atoms with Gasteiger partial charge in [-0.05, 0) is 37.5 Å². The van der Waals surface area contributed by atoms with E-state index < -0.39 is 5.69 Å². The highest BCUT2D eigenvalue weighted by molar-refractivity contribution is 5.43. The van der Waals surface area contributed by atoms with E-state index in [0.717, 1.165) is 24.9 Å². The molecule has 1 aliphatic rings. The van der Waals surface area contributed by atoms with Crippen molar-refractivity contribution in [2.75, 3.05) is 32.2 Å². The summed E-state index contributed by atoms with van der Waals surface area (Å²) in [5.41, 5.74) is 6.12. The largest absolute Gasteiger partial charge is 0.493 e. The minimum absolute atomic E-state index is 0.0220. The molecule has 1 fully saturated rings. The zero-order chi connectivity index (χ0) is 21.7. The molecular formula is C22H28N4O4. The number of hydrogen-bond acceptors (Lipinski definition) is 6. The molecule has 1 aromatic heterocycles. The summed E-state index contributed by atoms with van der Waals surface area (Å²) in [6.45, 7) is 3.42. The van der Waals surface area contributed by atoms with Gasteiger partial charge in [-0.25, -0.2) is 4.79 Å². The first-order valence-electron chi connectivity index (χ1n) is 9.94. The second kappa shape index (κ2) is 9.55. The van der Waals surface area contributed by atoms with Crippen LogP contribution in [0.25, 0.3) is 0 Å². The minimum Gasteiger partial charge on any atom is -0.493 e. The molecule has 1 atom stereocenters. The molecule has 1 saturated heterocycles. The van der Waals surface area contributed by atoms with Gasteiger partial charge in [0.25, 0.3) is 5.56 Å². The van der Waals surface area contributed by atoms with Crippen LogP contribution < -0.4 is 31.4 Å². The molecule has 0 saturated carbocycles. The Morgan fingerprint density at radius 2 is 1.90 bits per heavy atom. The molecular weight excluding hydrogens is 384 g/mol. The van der Waals surface area contributed by atoms with Gasteiger partial charge < -0.3 is 20.1 Å². The van der Waals surface area contributed by atoms with Gasteiger partial charge in [-0.1, -0.05) is 12.0 Å². The second-order valence-electron chi connectivity index (χ2n) is 7.26. The van der Waals surface area contributed by atoms with E-state index in [1.165, 1.54) is 10.6 Å². The lowest BCUT2D eigenvalue weighted by Gasteiger charge is -2.33. The number of nitrogens with two attached hydrogens (primary N) is 1. The van der Waals surface area contributed by atoms with Crippen LogP contribution in [0.5, 0.6) is 11.5 Å². The SMILES string of the molecule is CC#CCn1c(N2CCC[C@@H](N)C2)cc(=O)n(Cc2ccc(OC)c(OC)c2)c1=O. The fraction of sp³-hybridized carbons (Fsp3) is 0.455. The number of benzene rings is 1. The fourth-order valence-electron chi connectivity index (χ4n) is 3.70. The summed E-state index contributed by atoms with van der Waals surface area (Å²) in [5, 5.41) is 0. The predicted octanol–water partition coefficient (Wildman–Crippen LogP) is 1.03. The Morgan fingerprint density at radius 1 is 1.13 bits per heavy atom. The molecule has 30 heavy (non-hydrogen) atoms. The summed E-state index contributed by atoms with van der Waals surface area (Å²) in [4.78, 5) is 28.2. The van der Waals surface area contributed by atoms with Crippen molar-refractivity contribution in [1.82, 2.24) is 9.13 Å². The molecule has 2 heterocycles. The smallest absolute Gasteiger partial charge is 0.333 e. The summed E-state index contributed by atoms with van der Waals surface area (Å²) < 4.78 is 13.3. The number of nitrogens with zero attached hydrogens (tertiary/aromatic N) is 3. The maximum Gasteiger partial charge on any atom is 0.333 e. The van der Waals surface area contributed by atoms with Crippen LogP contribution >= 0.6 is 0 Å². The van der Waals surface area contributed by atoms with E-state index in [1.807, 2.05) is 4.90 Å². The predicted molar refractivity (Wildman–Crippen MR) is 116 cm³/mol. The number of methoxy groups -OCH3 is 2. The molecule has 2 aromatic rings. The Labute approximate surface area is 175 Å². The van der Waals surface area contributed by atoms with E-state index in [2.05, 4.69) is 11.8 Å². The molecule has 0 unspecified atom stereocenters. The lowest BCUT2D eigenvalue weighted by atomic mass is 10.1. The van der Waals surface area contributed by atoms with Crippen LogP contribution in [0.2, 0.25) is 0 Å². The van der Waals surface area contributed by atoms with Crippen molar-refractivity contribution in [3.8, 4) is 23.3 Å². The Balaban J connectivity index is 2.04. The summed E-state index contributed by atoms with van der Waals surface area (Å²) >= 11 is 0. The molecule has 8 heteroatoms. The molecule has 0 aliphatic carbocycles. The van der Waals surface area contributed by atoms with Crippen LogP contribution in [-0.4, -0.2) is 42.5 Å². The zero-order valence-corrected chi connectivity index (χ0v) is 17.7. The summed E-state index contributed by atoms with van der Waals surface area (Å²) in [7, 11) is 3.10. The van der Waals surface area contributed by atoms with Gasteiger partial charge in [-0.2, -0.15) is 0 Å². The first-order chi connectivity index (χ1) is 14.5. The van der Waals surface area contributed by atoms with Crippen LogP contribution in [0, 0.1) is 11.8 Å². The van der Waals surface area contributed by atoms with Gasteiger partial charge in [0.2, 0.25) is 0 Å². The number of piperidine rings is 1. The molecule has 160 valence electrons. The molecule has 2 N–H and O–H groups in total. The van der Waals surface area contributed by atoms with E-state index >= 15 is 0 Å². The first-order valence-corrected chi connectivity index (χ1v) is 9.94. The van der Waals surface area contributed by atoms with Crippen molar-refractivity contribution >= 4 is 5.82 Å². The van der Waals surface area contributed by atoms with E-state index in [9.17, 15) is 9.59 Å². The fourth-order valence-corrected chi connectivity index (χ4v) is 3.70. The average molecular weight is 412 g/mol. The van der Waals surface area contributed by atoms with Gasteiger partial charge in [-0.3, -0.25) is 13.9 Å². The number of aromatic nitrogens is 2. The third kappa shape index (κ3) is 4.52. The van der Waals surface area contributed by atoms with Crippen molar-refractivity contribution in [2.45, 2.75) is 38.9 Å². The highest BCUT2D eigenvalue weighted by Gasteiger charge is 2.22. The zero-order valence-electron chi connectivity index (χ0n) is 17.7. The summed E-state index contributed by atoms with van der Waals surface area (Å²) in [5.74, 6) is 7.47. The molecule has 0 bridgehead atoms. The molecule has 0 amide bonds. The van der Waals surface area contributed by atoms with Crippen molar-refractivity contribution in [3.63, 3.8) is 0 Å². The van der Waals surface area contributed by atoms with Gasteiger partial charge in [0.15, 0.2) is 11.5 Å². The Hall–Kier alpha value is -3.18. The Kier molecular flexibility index (Phi) is 6.85. The maximum atomic E-state index is 13.3. The molecule has 1 aromatic carbocycles. The van der Waals surface area contributed by atoms with E-state index in [0.29, 0.717) is 23.9 Å². The van der Waals surface area contributed by atoms with Crippen molar-refractivity contribution in [3.05, 3.63) is 50.7 Å². The maximum absolute atomic E-state index is 13.3. The molecule has 3 rings (SSSR count). The Morgan fingerprint density at radius 3 is 2.57 bits per heavy atom. The minimum atomic E-state index is -0.394. The van der Waals surface area contributed by atoms with Crippen molar-refractivity contribution < 1.29 is 9.47 Å². The molecule has 8 nitrogen and oxygen atoms in total. The van der Waals surface area contributed by atoms with Gasteiger partial charge in [0.1, 0.15) is 5.82 Å². The lowest BCUT2D eigenvalue weighted by molar-refractivity contribution is 0.354. The van der Waals surface area contributed by atoms with Crippen LogP contribution in [0.4, 0.5) is 5.82 Å². The molecule has 1 aliphatic heterocycles. The van der Waals surface area contributed by atoms with E-state index in [-0.39, 0.29) is 24.7 Å². The highest BCUT2D eigenvalue weighted by Crippen LogP contribution is 2.27. The van der Waals surface area contributed by atoms with Crippen molar-refractivity contribution in [2.24, 2.45) is 5.73 Å². The van der Waals surface area contributed by atoms with Crippen LogP contribution in [0.15, 0.2) is 33.9 Å². The molecule has 0 spiro atoms. The average Bonchev–Trinajstić information content (AvgIpc) is 2.75. The van der Waals surface area contributed by atoms with Crippen LogP contribution in [-0.2, 0) is 13.1 Å².